The Hall–Kier alpha value is -3.79. The van der Waals surface area contributed by atoms with Gasteiger partial charge in [-0.2, -0.15) is 10.4 Å². The summed E-state index contributed by atoms with van der Waals surface area (Å²) < 4.78 is 5.74. The molecule has 2 heterocycles. The molecule has 0 saturated heterocycles. The maximum atomic E-state index is 12.0. The van der Waals surface area contributed by atoms with Crippen molar-refractivity contribution in [2.24, 2.45) is 17.6 Å². The van der Waals surface area contributed by atoms with Gasteiger partial charge in [-0.1, -0.05) is 31.8 Å². The summed E-state index contributed by atoms with van der Waals surface area (Å²) in [6.07, 6.45) is 1.61. The Labute approximate surface area is 217 Å². The molecule has 1 aliphatic heterocycles. The lowest BCUT2D eigenvalue weighted by Crippen LogP contribution is -2.46. The molecule has 194 valence electrons. The normalized spacial score (nSPS) is 22.5. The quantitative estimate of drug-likeness (QED) is 0.443. The van der Waals surface area contributed by atoms with Crippen LogP contribution in [0.3, 0.4) is 0 Å². The summed E-state index contributed by atoms with van der Waals surface area (Å²) in [5.74, 6) is 7.16. The SMILES string of the molecule is Cc1n[nH]c2c1C(c1cc(C#C[C@H]3C[C@@H](NC(=O)CN(C)C)C3)cc(CO)c1)(C(C)C)C(C#N)=C(N)O2. The van der Waals surface area contributed by atoms with Gasteiger partial charge in [-0.05, 0) is 63.0 Å². The molecule has 1 atom stereocenters. The van der Waals surface area contributed by atoms with Crippen LogP contribution in [-0.2, 0) is 16.8 Å². The van der Waals surface area contributed by atoms with Crippen LogP contribution in [0.5, 0.6) is 5.88 Å². The standard InChI is InChI=1S/C28H34N6O3/c1-16(2)28(23(13-29)26(30)37-27-25(28)17(3)32-33-27)21-9-18(8-20(10-21)15-35)6-7-19-11-22(12-19)31-24(36)14-34(4)5/h8-10,16,19,22,35H,11-12,14-15,30H2,1-5H3,(H,31,36)(H,32,33)/t19-,22+,28?. The second-order valence-corrected chi connectivity index (χ2v) is 10.4. The number of fused-ring (bicyclic) bond motifs is 1. The second-order valence-electron chi connectivity index (χ2n) is 10.4. The van der Waals surface area contributed by atoms with Gasteiger partial charge in [0.1, 0.15) is 11.6 Å². The van der Waals surface area contributed by atoms with Crippen molar-refractivity contribution in [1.82, 2.24) is 20.4 Å². The molecule has 1 amide bonds. The number of nitrogens with one attached hydrogen (secondary N) is 2. The zero-order chi connectivity index (χ0) is 26.9. The average molecular weight is 503 g/mol. The third-order valence-corrected chi connectivity index (χ3v) is 7.15. The van der Waals surface area contributed by atoms with E-state index in [0.29, 0.717) is 29.3 Å². The molecule has 0 bridgehead atoms. The Bertz CT molecular complexity index is 1330. The van der Waals surface area contributed by atoms with Crippen LogP contribution in [0.2, 0.25) is 0 Å². The monoisotopic (exact) mass is 502 g/mol. The zero-order valence-corrected chi connectivity index (χ0v) is 22.0. The molecule has 4 rings (SSSR count). The van der Waals surface area contributed by atoms with E-state index in [9.17, 15) is 15.2 Å². The van der Waals surface area contributed by atoms with Crippen LogP contribution in [0.15, 0.2) is 29.7 Å². The Morgan fingerprint density at radius 1 is 1.38 bits per heavy atom. The first-order valence-electron chi connectivity index (χ1n) is 12.4. The first kappa shape index (κ1) is 26.3. The van der Waals surface area contributed by atoms with Crippen molar-refractivity contribution < 1.29 is 14.6 Å². The predicted octanol–water partition coefficient (Wildman–Crippen LogP) is 2.05. The Kier molecular flexibility index (Phi) is 7.31. The minimum atomic E-state index is -0.927. The van der Waals surface area contributed by atoms with Crippen LogP contribution in [0, 0.1) is 41.9 Å². The number of hydrogen-bond donors (Lipinski definition) is 4. The molecular weight excluding hydrogens is 468 g/mol. The summed E-state index contributed by atoms with van der Waals surface area (Å²) in [6.45, 7) is 6.13. The number of hydrogen-bond acceptors (Lipinski definition) is 7. The van der Waals surface area contributed by atoms with Crippen molar-refractivity contribution in [2.45, 2.75) is 51.7 Å². The number of nitrogens with two attached hydrogens (primary N) is 1. The van der Waals surface area contributed by atoms with Crippen molar-refractivity contribution in [3.05, 3.63) is 57.6 Å². The number of aromatic amines is 1. The minimum absolute atomic E-state index is 0.0201. The summed E-state index contributed by atoms with van der Waals surface area (Å²) in [6, 6.07) is 8.16. The maximum Gasteiger partial charge on any atom is 0.234 e. The lowest BCUT2D eigenvalue weighted by Gasteiger charge is -2.41. The fourth-order valence-electron chi connectivity index (χ4n) is 5.45. The van der Waals surface area contributed by atoms with Crippen molar-refractivity contribution in [2.75, 3.05) is 20.6 Å². The van der Waals surface area contributed by atoms with Gasteiger partial charge in [0.05, 0.1) is 29.8 Å². The molecule has 1 unspecified atom stereocenters. The zero-order valence-electron chi connectivity index (χ0n) is 22.0. The van der Waals surface area contributed by atoms with Crippen molar-refractivity contribution >= 4 is 5.91 Å². The molecule has 5 N–H and O–H groups in total. The molecule has 9 heteroatoms. The number of H-pyrrole nitrogens is 1. The van der Waals surface area contributed by atoms with Crippen LogP contribution in [0.1, 0.15) is 54.6 Å². The average Bonchev–Trinajstić information content (AvgIpc) is 3.18. The van der Waals surface area contributed by atoms with E-state index < -0.39 is 5.41 Å². The highest BCUT2D eigenvalue weighted by atomic mass is 16.5. The smallest absolute Gasteiger partial charge is 0.234 e. The number of aryl methyl sites for hydroxylation is 1. The third kappa shape index (κ3) is 4.81. The Morgan fingerprint density at radius 2 is 2.11 bits per heavy atom. The number of aliphatic hydroxyl groups excluding tert-OH is 1. The van der Waals surface area contributed by atoms with Crippen LogP contribution in [-0.4, -0.2) is 52.8 Å². The van der Waals surface area contributed by atoms with Gasteiger partial charge in [0.2, 0.25) is 17.7 Å². The van der Waals surface area contributed by atoms with Gasteiger partial charge in [0, 0.05) is 17.5 Å². The van der Waals surface area contributed by atoms with Gasteiger partial charge in [0.15, 0.2) is 0 Å². The first-order valence-corrected chi connectivity index (χ1v) is 12.4. The number of carbonyl (C=O) groups is 1. The number of aromatic nitrogens is 2. The van der Waals surface area contributed by atoms with Crippen molar-refractivity contribution in [3.63, 3.8) is 0 Å². The molecule has 0 radical (unpaired) electrons. The van der Waals surface area contributed by atoms with E-state index in [1.54, 1.807) is 0 Å². The second kappa shape index (κ2) is 10.3. The highest BCUT2D eigenvalue weighted by molar-refractivity contribution is 5.78. The van der Waals surface area contributed by atoms with Gasteiger partial charge >= 0.3 is 0 Å². The van der Waals surface area contributed by atoms with E-state index >= 15 is 0 Å². The largest absolute Gasteiger partial charge is 0.422 e. The number of ether oxygens (including phenoxy) is 1. The molecule has 2 aliphatic rings. The minimum Gasteiger partial charge on any atom is -0.422 e. The van der Waals surface area contributed by atoms with Gasteiger partial charge in [-0.3, -0.25) is 4.79 Å². The van der Waals surface area contributed by atoms with E-state index in [-0.39, 0.29) is 36.3 Å². The van der Waals surface area contributed by atoms with Crippen molar-refractivity contribution in [1.29, 1.82) is 5.26 Å². The van der Waals surface area contributed by atoms with Gasteiger partial charge in [-0.15, -0.1) is 0 Å². The van der Waals surface area contributed by atoms with Gasteiger partial charge < -0.3 is 25.8 Å². The van der Waals surface area contributed by atoms with E-state index in [2.05, 4.69) is 33.4 Å². The number of carbonyl (C=O) groups excluding carboxylic acids is 1. The fraction of sp³-hybridized carbons (Fsp3) is 0.464. The van der Waals surface area contributed by atoms with Crippen LogP contribution in [0.25, 0.3) is 0 Å². The van der Waals surface area contributed by atoms with E-state index in [1.165, 1.54) is 0 Å². The Balaban J connectivity index is 1.69. The van der Waals surface area contributed by atoms with Crippen LogP contribution in [0.4, 0.5) is 0 Å². The number of allylic oxidation sites excluding steroid dienone is 1. The highest BCUT2D eigenvalue weighted by Crippen LogP contribution is 2.52. The number of aliphatic hydroxyl groups is 1. The molecule has 1 aliphatic carbocycles. The summed E-state index contributed by atoms with van der Waals surface area (Å²) in [5, 5.41) is 30.6. The fourth-order valence-corrected chi connectivity index (χ4v) is 5.45. The molecule has 0 spiro atoms. The lowest BCUT2D eigenvalue weighted by atomic mass is 9.61. The maximum absolute atomic E-state index is 12.0. The third-order valence-electron chi connectivity index (χ3n) is 7.15. The van der Waals surface area contributed by atoms with E-state index in [0.717, 1.165) is 29.5 Å². The van der Waals surface area contributed by atoms with E-state index in [1.807, 2.05) is 58.0 Å². The molecule has 1 aromatic heterocycles. The molecule has 9 nitrogen and oxygen atoms in total. The summed E-state index contributed by atoms with van der Waals surface area (Å²) in [7, 11) is 3.73. The molecule has 37 heavy (non-hydrogen) atoms. The topological polar surface area (TPSA) is 140 Å². The van der Waals surface area contributed by atoms with Gasteiger partial charge in [0.25, 0.3) is 0 Å². The molecule has 1 saturated carbocycles. The van der Waals surface area contributed by atoms with Crippen molar-refractivity contribution in [3.8, 4) is 23.8 Å². The summed E-state index contributed by atoms with van der Waals surface area (Å²) >= 11 is 0. The number of nitrogens with zero attached hydrogens (tertiary/aromatic N) is 3. The predicted molar refractivity (Wildman–Crippen MR) is 139 cm³/mol. The summed E-state index contributed by atoms with van der Waals surface area (Å²) in [4.78, 5) is 13.8. The molecule has 2 aromatic rings. The number of rotatable bonds is 6. The number of nitriles is 1. The molecular formula is C28H34N6O3. The Morgan fingerprint density at radius 3 is 2.73 bits per heavy atom. The molecule has 1 fully saturated rings. The number of benzene rings is 1. The lowest BCUT2D eigenvalue weighted by molar-refractivity contribution is -0.123. The van der Waals surface area contributed by atoms with Crippen LogP contribution >= 0.6 is 0 Å². The van der Waals surface area contributed by atoms with Crippen LogP contribution < -0.4 is 15.8 Å². The highest BCUT2D eigenvalue weighted by Gasteiger charge is 2.50. The first-order chi connectivity index (χ1) is 17.6. The number of amides is 1. The van der Waals surface area contributed by atoms with Gasteiger partial charge in [-0.25, -0.2) is 5.10 Å². The summed E-state index contributed by atoms with van der Waals surface area (Å²) in [5.41, 5.74) is 9.33. The molecule has 1 aromatic carbocycles. The number of likely N-dealkylation sites (N-methyl/N-ethyl adjacent to an activating group) is 1. The van der Waals surface area contributed by atoms with E-state index in [4.69, 9.17) is 10.5 Å².